The molecule has 1 aromatic heterocycles. The first-order valence-corrected chi connectivity index (χ1v) is 6.24. The molecule has 0 fully saturated rings. The highest BCUT2D eigenvalue weighted by molar-refractivity contribution is 5.67. The summed E-state index contributed by atoms with van der Waals surface area (Å²) in [7, 11) is 0. The van der Waals surface area contributed by atoms with Crippen molar-refractivity contribution in [2.24, 2.45) is 0 Å². The standard InChI is InChI=1S/C17H14N2/c1-2-6-16(7-3-1)19-17-10-8-14(9-11-17)15-5-4-12-18-13-15/h1-13,19H. The molecule has 3 rings (SSSR count). The predicted octanol–water partition coefficient (Wildman–Crippen LogP) is 4.49. The van der Waals surface area contributed by atoms with Crippen LogP contribution in [0.5, 0.6) is 0 Å². The van der Waals surface area contributed by atoms with Crippen molar-refractivity contribution >= 4 is 11.4 Å². The lowest BCUT2D eigenvalue weighted by Gasteiger charge is -2.07. The van der Waals surface area contributed by atoms with Crippen molar-refractivity contribution < 1.29 is 0 Å². The fourth-order valence-electron chi connectivity index (χ4n) is 1.97. The highest BCUT2D eigenvalue weighted by Crippen LogP contribution is 2.22. The molecule has 3 aromatic rings. The van der Waals surface area contributed by atoms with Gasteiger partial charge in [0.1, 0.15) is 0 Å². The van der Waals surface area contributed by atoms with E-state index in [1.807, 2.05) is 30.5 Å². The molecule has 0 radical (unpaired) electrons. The van der Waals surface area contributed by atoms with Crippen LogP contribution in [0.25, 0.3) is 11.1 Å². The minimum atomic E-state index is 1.08. The first-order valence-electron chi connectivity index (χ1n) is 6.24. The highest BCUT2D eigenvalue weighted by Gasteiger charge is 1.98. The lowest BCUT2D eigenvalue weighted by molar-refractivity contribution is 1.33. The minimum absolute atomic E-state index is 1.08. The number of pyridine rings is 1. The van der Waals surface area contributed by atoms with Gasteiger partial charge in [-0.2, -0.15) is 0 Å². The summed E-state index contributed by atoms with van der Waals surface area (Å²) in [6.07, 6.45) is 3.66. The van der Waals surface area contributed by atoms with E-state index in [4.69, 9.17) is 0 Å². The largest absolute Gasteiger partial charge is 0.356 e. The first kappa shape index (κ1) is 11.5. The van der Waals surface area contributed by atoms with Crippen molar-refractivity contribution in [2.45, 2.75) is 0 Å². The predicted molar refractivity (Wildman–Crippen MR) is 79.4 cm³/mol. The summed E-state index contributed by atoms with van der Waals surface area (Å²) in [5.74, 6) is 0. The number of nitrogens with one attached hydrogen (secondary N) is 1. The number of rotatable bonds is 3. The zero-order valence-corrected chi connectivity index (χ0v) is 10.5. The molecule has 0 atom stereocenters. The van der Waals surface area contributed by atoms with Gasteiger partial charge in [-0.3, -0.25) is 4.98 Å². The van der Waals surface area contributed by atoms with Gasteiger partial charge in [0.2, 0.25) is 0 Å². The molecular weight excluding hydrogens is 232 g/mol. The van der Waals surface area contributed by atoms with E-state index in [9.17, 15) is 0 Å². The van der Waals surface area contributed by atoms with Gasteiger partial charge in [-0.15, -0.1) is 0 Å². The molecule has 0 unspecified atom stereocenters. The number of hydrogen-bond donors (Lipinski definition) is 1. The van der Waals surface area contributed by atoms with Crippen molar-refractivity contribution in [3.63, 3.8) is 0 Å². The molecule has 0 spiro atoms. The Morgan fingerprint density at radius 1 is 0.632 bits per heavy atom. The maximum Gasteiger partial charge on any atom is 0.0384 e. The number of nitrogens with zero attached hydrogens (tertiary/aromatic N) is 1. The van der Waals surface area contributed by atoms with Crippen LogP contribution in [-0.4, -0.2) is 4.98 Å². The molecule has 2 nitrogen and oxygen atoms in total. The number of benzene rings is 2. The molecule has 1 heterocycles. The number of aromatic nitrogens is 1. The Bertz CT molecular complexity index is 631. The summed E-state index contributed by atoms with van der Waals surface area (Å²) in [5.41, 5.74) is 4.48. The fourth-order valence-corrected chi connectivity index (χ4v) is 1.97. The summed E-state index contributed by atoms with van der Waals surface area (Å²) >= 11 is 0. The monoisotopic (exact) mass is 246 g/mol. The highest BCUT2D eigenvalue weighted by atomic mass is 14.9. The number of hydrogen-bond acceptors (Lipinski definition) is 2. The van der Waals surface area contributed by atoms with Gasteiger partial charge in [0.05, 0.1) is 0 Å². The van der Waals surface area contributed by atoms with Crippen molar-refractivity contribution in [1.29, 1.82) is 0 Å². The second-order valence-electron chi connectivity index (χ2n) is 4.31. The van der Waals surface area contributed by atoms with E-state index in [-0.39, 0.29) is 0 Å². The molecule has 0 aliphatic carbocycles. The molecule has 0 saturated carbocycles. The summed E-state index contributed by atoms with van der Waals surface area (Å²) in [6.45, 7) is 0. The van der Waals surface area contributed by atoms with Gasteiger partial charge in [0, 0.05) is 23.8 Å². The molecule has 0 aliphatic rings. The summed E-state index contributed by atoms with van der Waals surface area (Å²) in [4.78, 5) is 4.14. The van der Waals surface area contributed by atoms with Crippen LogP contribution >= 0.6 is 0 Å². The molecule has 0 amide bonds. The summed E-state index contributed by atoms with van der Waals surface area (Å²) in [6, 6.07) is 22.5. The number of anilines is 2. The Morgan fingerprint density at radius 3 is 2.05 bits per heavy atom. The van der Waals surface area contributed by atoms with Crippen molar-refractivity contribution in [2.75, 3.05) is 5.32 Å². The Hall–Kier alpha value is -2.61. The second-order valence-corrected chi connectivity index (χ2v) is 4.31. The van der Waals surface area contributed by atoms with Gasteiger partial charge in [0.15, 0.2) is 0 Å². The average Bonchev–Trinajstić information content (AvgIpc) is 2.50. The molecular formula is C17H14N2. The van der Waals surface area contributed by atoms with Crippen LogP contribution in [0.4, 0.5) is 11.4 Å². The molecule has 19 heavy (non-hydrogen) atoms. The molecule has 2 heteroatoms. The van der Waals surface area contributed by atoms with E-state index in [2.05, 4.69) is 52.8 Å². The molecule has 0 aliphatic heterocycles. The second kappa shape index (κ2) is 5.36. The van der Waals surface area contributed by atoms with E-state index >= 15 is 0 Å². The maximum absolute atomic E-state index is 4.14. The lowest BCUT2D eigenvalue weighted by Crippen LogP contribution is -1.89. The van der Waals surface area contributed by atoms with E-state index in [0.29, 0.717) is 0 Å². The third kappa shape index (κ3) is 2.80. The minimum Gasteiger partial charge on any atom is -0.356 e. The lowest BCUT2D eigenvalue weighted by atomic mass is 10.1. The molecule has 0 bridgehead atoms. The molecule has 92 valence electrons. The van der Waals surface area contributed by atoms with Crippen molar-refractivity contribution in [3.05, 3.63) is 79.1 Å². The van der Waals surface area contributed by atoms with Crippen LogP contribution in [0, 0.1) is 0 Å². The van der Waals surface area contributed by atoms with Crippen LogP contribution in [-0.2, 0) is 0 Å². The smallest absolute Gasteiger partial charge is 0.0384 e. The Labute approximate surface area is 112 Å². The quantitative estimate of drug-likeness (QED) is 0.736. The van der Waals surface area contributed by atoms with Gasteiger partial charge < -0.3 is 5.32 Å². The van der Waals surface area contributed by atoms with Gasteiger partial charge in [-0.05, 0) is 41.5 Å². The van der Waals surface area contributed by atoms with Crippen LogP contribution < -0.4 is 5.32 Å². The normalized spacial score (nSPS) is 10.1. The summed E-state index contributed by atoms with van der Waals surface area (Å²) < 4.78 is 0. The van der Waals surface area contributed by atoms with Crippen LogP contribution in [0.1, 0.15) is 0 Å². The third-order valence-electron chi connectivity index (χ3n) is 2.94. The van der Waals surface area contributed by atoms with Crippen molar-refractivity contribution in [3.8, 4) is 11.1 Å². The zero-order chi connectivity index (χ0) is 12.9. The van der Waals surface area contributed by atoms with E-state index in [1.54, 1.807) is 6.20 Å². The van der Waals surface area contributed by atoms with Gasteiger partial charge >= 0.3 is 0 Å². The van der Waals surface area contributed by atoms with Gasteiger partial charge in [-0.1, -0.05) is 36.4 Å². The molecule has 0 saturated heterocycles. The number of para-hydroxylation sites is 1. The van der Waals surface area contributed by atoms with E-state index in [1.165, 1.54) is 5.56 Å². The van der Waals surface area contributed by atoms with Gasteiger partial charge in [0.25, 0.3) is 0 Å². The van der Waals surface area contributed by atoms with Crippen LogP contribution in [0.15, 0.2) is 79.1 Å². The van der Waals surface area contributed by atoms with E-state index < -0.39 is 0 Å². The zero-order valence-electron chi connectivity index (χ0n) is 10.5. The van der Waals surface area contributed by atoms with Gasteiger partial charge in [-0.25, -0.2) is 0 Å². The SMILES string of the molecule is c1ccc(Nc2ccc(-c3cccnc3)cc2)cc1. The fraction of sp³-hybridized carbons (Fsp3) is 0. The molecule has 1 N–H and O–H groups in total. The summed E-state index contributed by atoms with van der Waals surface area (Å²) in [5, 5.41) is 3.37. The maximum atomic E-state index is 4.14. The first-order chi connectivity index (χ1) is 9.42. The Morgan fingerprint density at radius 2 is 1.37 bits per heavy atom. The topological polar surface area (TPSA) is 24.9 Å². The van der Waals surface area contributed by atoms with E-state index in [0.717, 1.165) is 16.9 Å². The van der Waals surface area contributed by atoms with Crippen molar-refractivity contribution in [1.82, 2.24) is 4.98 Å². The van der Waals surface area contributed by atoms with Crippen LogP contribution in [0.3, 0.4) is 0 Å². The Kier molecular flexibility index (Phi) is 3.24. The third-order valence-corrected chi connectivity index (χ3v) is 2.94. The molecule has 2 aromatic carbocycles. The Balaban J connectivity index is 1.80. The average molecular weight is 246 g/mol. The van der Waals surface area contributed by atoms with Crippen LogP contribution in [0.2, 0.25) is 0 Å².